The van der Waals surface area contributed by atoms with Gasteiger partial charge in [-0.15, -0.1) is 4.80 Å². The van der Waals surface area contributed by atoms with Crippen LogP contribution in [0, 0.1) is 6.92 Å². The Morgan fingerprint density at radius 3 is 2.39 bits per heavy atom. The molecule has 0 atom stereocenters. The lowest BCUT2D eigenvalue weighted by molar-refractivity contribution is 0.240. The Kier molecular flexibility index (Phi) is 8.78. The fourth-order valence-corrected chi connectivity index (χ4v) is 3.72. The predicted octanol–water partition coefficient (Wildman–Crippen LogP) is 2.17. The Balaban J connectivity index is 0.00000289. The van der Waals surface area contributed by atoms with Crippen LogP contribution in [0.15, 0.2) is 35.6 Å². The molecule has 0 spiro atoms. The van der Waals surface area contributed by atoms with Gasteiger partial charge in [0.1, 0.15) is 19.0 Å². The summed E-state index contributed by atoms with van der Waals surface area (Å²) in [4.78, 5) is 14.4. The Hall–Kier alpha value is -3.62. The summed E-state index contributed by atoms with van der Waals surface area (Å²) in [5.74, 6) is 0.689. The first kappa shape index (κ1) is 25.6. The van der Waals surface area contributed by atoms with Gasteiger partial charge in [0.15, 0.2) is 0 Å². The van der Waals surface area contributed by atoms with E-state index in [-0.39, 0.29) is 43.9 Å². The summed E-state index contributed by atoms with van der Waals surface area (Å²) in [6.45, 7) is 1.20. The number of ether oxygens (including phenoxy) is 3. The monoisotopic (exact) mass is 485 g/mol. The highest BCUT2D eigenvalue weighted by atomic mass is 32.2. The molecule has 0 fully saturated rings. The van der Waals surface area contributed by atoms with Crippen molar-refractivity contribution in [2.45, 2.75) is 11.8 Å². The standard InChI is InChI=1S/C19H20FN7O3S.2H2O.2H2/c1-11-4-5-12-13(10-21-14(12)15(11)27-22-7-8-23-27)31-26-19-24-17(28-2)16(30-9-6-20)18(25-19)29-3;;;;/h4-5,7-8,10,21H,6,9H2,1-3H3,(H,24,25,26);2*1H2;2*1H. The zero-order valence-electron chi connectivity index (χ0n) is 18.0. The number of alkyl halides is 1. The summed E-state index contributed by atoms with van der Waals surface area (Å²) in [6, 6.07) is 4.03. The van der Waals surface area contributed by atoms with Crippen molar-refractivity contribution in [3.63, 3.8) is 0 Å². The quantitative estimate of drug-likeness (QED) is 0.336. The number of aromatic nitrogens is 6. The maximum atomic E-state index is 12.5. The van der Waals surface area contributed by atoms with Gasteiger partial charge in [0.2, 0.25) is 11.7 Å². The zero-order valence-corrected chi connectivity index (χ0v) is 18.9. The number of benzene rings is 1. The van der Waals surface area contributed by atoms with Gasteiger partial charge < -0.3 is 30.1 Å². The minimum absolute atomic E-state index is 0. The van der Waals surface area contributed by atoms with E-state index in [4.69, 9.17) is 14.2 Å². The lowest BCUT2D eigenvalue weighted by Gasteiger charge is -2.13. The average molecular weight is 486 g/mol. The fourth-order valence-electron chi connectivity index (χ4n) is 3.03. The first-order chi connectivity index (χ1) is 15.2. The van der Waals surface area contributed by atoms with Crippen molar-refractivity contribution in [3.05, 3.63) is 36.3 Å². The van der Waals surface area contributed by atoms with Gasteiger partial charge in [-0.05, 0) is 24.4 Å². The predicted molar refractivity (Wildman–Crippen MR) is 125 cm³/mol. The van der Waals surface area contributed by atoms with Crippen LogP contribution in [-0.4, -0.2) is 68.4 Å². The van der Waals surface area contributed by atoms with Crippen molar-refractivity contribution in [1.82, 2.24) is 29.9 Å². The SMILES string of the molecule is COc1nc(NSc2c[nH]c3c(-n4nccn4)c(C)ccc23)nc(OC)c1OCCF.O.O.[HH].[HH]. The minimum Gasteiger partial charge on any atom is -0.481 e. The second kappa shape index (κ2) is 11.3. The molecule has 4 rings (SSSR count). The van der Waals surface area contributed by atoms with E-state index in [0.29, 0.717) is 0 Å². The number of hydrogen-bond acceptors (Lipinski definition) is 9. The van der Waals surface area contributed by atoms with Crippen LogP contribution in [0.2, 0.25) is 0 Å². The number of H-pyrrole nitrogens is 1. The topological polar surface area (TPSA) is 175 Å². The van der Waals surface area contributed by atoms with Crippen LogP contribution in [0.5, 0.6) is 17.5 Å². The average Bonchev–Trinajstić information content (AvgIpc) is 3.46. The summed E-state index contributed by atoms with van der Waals surface area (Å²) >= 11 is 1.32. The van der Waals surface area contributed by atoms with Crippen molar-refractivity contribution in [1.29, 1.82) is 0 Å². The van der Waals surface area contributed by atoms with E-state index in [1.54, 1.807) is 17.2 Å². The summed E-state index contributed by atoms with van der Waals surface area (Å²) in [5.41, 5.74) is 2.83. The van der Waals surface area contributed by atoms with Crippen LogP contribution in [0.3, 0.4) is 0 Å². The first-order valence-corrected chi connectivity index (χ1v) is 10.1. The highest BCUT2D eigenvalue weighted by Crippen LogP contribution is 2.37. The number of hydrogen-bond donors (Lipinski definition) is 2. The van der Waals surface area contributed by atoms with E-state index in [2.05, 4.69) is 29.9 Å². The number of rotatable bonds is 9. The molecule has 4 aromatic rings. The Bertz CT molecular complexity index is 1180. The molecule has 1 aromatic carbocycles. The van der Waals surface area contributed by atoms with E-state index in [1.165, 1.54) is 26.2 Å². The van der Waals surface area contributed by atoms with Crippen molar-refractivity contribution >= 4 is 28.8 Å². The number of methoxy groups -OCH3 is 2. The third kappa shape index (κ3) is 5.08. The molecule has 6 N–H and O–H groups in total. The molecule has 0 bridgehead atoms. The molecule has 0 aliphatic heterocycles. The molecular weight excluding hydrogens is 457 g/mol. The van der Waals surface area contributed by atoms with Crippen LogP contribution in [0.25, 0.3) is 16.6 Å². The van der Waals surface area contributed by atoms with Crippen LogP contribution < -0.4 is 18.9 Å². The highest BCUT2D eigenvalue weighted by Gasteiger charge is 2.19. The number of aromatic amines is 1. The zero-order chi connectivity index (χ0) is 21.8. The largest absolute Gasteiger partial charge is 0.481 e. The summed E-state index contributed by atoms with van der Waals surface area (Å²) in [7, 11) is 2.88. The smallest absolute Gasteiger partial charge is 0.265 e. The Morgan fingerprint density at radius 2 is 1.79 bits per heavy atom. The van der Waals surface area contributed by atoms with Gasteiger partial charge in [0.05, 0.1) is 37.0 Å². The van der Waals surface area contributed by atoms with Gasteiger partial charge in [-0.1, -0.05) is 12.1 Å². The highest BCUT2D eigenvalue weighted by molar-refractivity contribution is 8.00. The third-order valence-electron chi connectivity index (χ3n) is 4.38. The molecule has 0 aliphatic rings. The maximum Gasteiger partial charge on any atom is 0.265 e. The molecule has 33 heavy (non-hydrogen) atoms. The van der Waals surface area contributed by atoms with E-state index in [0.717, 1.165) is 27.0 Å². The van der Waals surface area contributed by atoms with Crippen LogP contribution >= 0.6 is 11.9 Å². The number of nitrogens with zero attached hydrogens (tertiary/aromatic N) is 5. The van der Waals surface area contributed by atoms with Gasteiger partial charge in [-0.3, -0.25) is 4.72 Å². The van der Waals surface area contributed by atoms with Crippen molar-refractivity contribution in [2.24, 2.45) is 0 Å². The molecule has 0 aliphatic carbocycles. The summed E-state index contributed by atoms with van der Waals surface area (Å²) in [5, 5.41) is 9.48. The molecular formula is C19H28FN7O5S. The van der Waals surface area contributed by atoms with Gasteiger partial charge in [0, 0.05) is 14.4 Å². The molecule has 182 valence electrons. The number of aryl methyl sites for hydroxylation is 1. The first-order valence-electron chi connectivity index (χ1n) is 9.25. The van der Waals surface area contributed by atoms with E-state index in [9.17, 15) is 4.39 Å². The maximum absolute atomic E-state index is 12.5. The Morgan fingerprint density at radius 1 is 1.12 bits per heavy atom. The number of anilines is 1. The third-order valence-corrected chi connectivity index (χ3v) is 5.22. The molecule has 0 saturated heterocycles. The molecule has 0 saturated carbocycles. The van der Waals surface area contributed by atoms with Gasteiger partial charge in [-0.2, -0.15) is 20.2 Å². The van der Waals surface area contributed by atoms with Gasteiger partial charge in [-0.25, -0.2) is 4.39 Å². The lowest BCUT2D eigenvalue weighted by Crippen LogP contribution is -2.07. The fraction of sp³-hybridized carbons (Fsp3) is 0.263. The number of nitrogens with one attached hydrogen (secondary N) is 2. The van der Waals surface area contributed by atoms with Gasteiger partial charge in [0.25, 0.3) is 11.8 Å². The van der Waals surface area contributed by atoms with E-state index < -0.39 is 6.67 Å². The van der Waals surface area contributed by atoms with Crippen LogP contribution in [0.1, 0.15) is 8.42 Å². The molecule has 0 amide bonds. The van der Waals surface area contributed by atoms with E-state index >= 15 is 0 Å². The lowest BCUT2D eigenvalue weighted by atomic mass is 10.1. The molecule has 14 heteroatoms. The van der Waals surface area contributed by atoms with E-state index in [1.807, 2.05) is 25.3 Å². The number of halogens is 1. The second-order valence-corrected chi connectivity index (χ2v) is 7.11. The molecule has 12 nitrogen and oxygen atoms in total. The Labute approximate surface area is 195 Å². The van der Waals surface area contributed by atoms with Crippen molar-refractivity contribution in [3.8, 4) is 23.2 Å². The van der Waals surface area contributed by atoms with Crippen LogP contribution in [0.4, 0.5) is 10.3 Å². The van der Waals surface area contributed by atoms with Crippen LogP contribution in [-0.2, 0) is 0 Å². The number of fused-ring (bicyclic) bond motifs is 1. The van der Waals surface area contributed by atoms with Crippen molar-refractivity contribution < 1.29 is 32.4 Å². The summed E-state index contributed by atoms with van der Waals surface area (Å²) < 4.78 is 31.4. The molecule has 3 heterocycles. The van der Waals surface area contributed by atoms with Gasteiger partial charge >= 0.3 is 0 Å². The molecule has 0 unspecified atom stereocenters. The van der Waals surface area contributed by atoms with Crippen molar-refractivity contribution in [2.75, 3.05) is 32.2 Å². The summed E-state index contributed by atoms with van der Waals surface area (Å²) in [6.07, 6.45) is 5.15. The second-order valence-electron chi connectivity index (χ2n) is 6.26. The molecule has 0 radical (unpaired) electrons. The normalized spacial score (nSPS) is 10.3. The molecule has 3 aromatic heterocycles. The minimum atomic E-state index is -0.655.